The Morgan fingerprint density at radius 2 is 2.09 bits per heavy atom. The lowest BCUT2D eigenvalue weighted by atomic mass is 9.88. The minimum Gasteiger partial charge on any atom is -0.338 e. The van der Waals surface area contributed by atoms with Crippen LogP contribution in [0.2, 0.25) is 0 Å². The quantitative estimate of drug-likeness (QED) is 0.833. The Labute approximate surface area is 130 Å². The zero-order valence-electron chi connectivity index (χ0n) is 13.6. The van der Waals surface area contributed by atoms with Crippen LogP contribution >= 0.6 is 0 Å². The molecule has 1 fully saturated rings. The number of aromatic nitrogens is 2. The van der Waals surface area contributed by atoms with E-state index in [1.807, 2.05) is 4.90 Å². The van der Waals surface area contributed by atoms with Crippen molar-refractivity contribution in [3.63, 3.8) is 0 Å². The number of rotatable bonds is 4. The molecule has 22 heavy (non-hydrogen) atoms. The molecule has 1 aromatic rings. The van der Waals surface area contributed by atoms with Gasteiger partial charge in [0.15, 0.2) is 0 Å². The minimum atomic E-state index is -0.446. The van der Waals surface area contributed by atoms with Crippen LogP contribution in [0.4, 0.5) is 0 Å². The largest absolute Gasteiger partial charge is 0.338 e. The summed E-state index contributed by atoms with van der Waals surface area (Å²) in [6.45, 7) is 5.08. The van der Waals surface area contributed by atoms with Gasteiger partial charge in [-0.1, -0.05) is 20.3 Å². The van der Waals surface area contributed by atoms with Crippen molar-refractivity contribution in [2.45, 2.75) is 52.1 Å². The van der Waals surface area contributed by atoms with Gasteiger partial charge < -0.3 is 4.90 Å². The molecular weight excluding hydrogens is 282 g/mol. The summed E-state index contributed by atoms with van der Waals surface area (Å²) in [7, 11) is 1.43. The fraction of sp³-hybridized carbons (Fsp3) is 0.688. The molecule has 0 aromatic carbocycles. The lowest BCUT2D eigenvalue weighted by molar-refractivity contribution is -0.137. The molecule has 0 N–H and O–H groups in total. The Morgan fingerprint density at radius 1 is 1.36 bits per heavy atom. The number of carbonyl (C=O) groups is 1. The van der Waals surface area contributed by atoms with Crippen molar-refractivity contribution in [2.24, 2.45) is 13.0 Å². The van der Waals surface area contributed by atoms with E-state index in [0.29, 0.717) is 5.92 Å². The highest BCUT2D eigenvalue weighted by Gasteiger charge is 2.31. The fourth-order valence-electron chi connectivity index (χ4n) is 3.27. The first-order chi connectivity index (χ1) is 10.5. The van der Waals surface area contributed by atoms with Gasteiger partial charge in [0.1, 0.15) is 6.54 Å². The molecule has 1 aliphatic heterocycles. The van der Waals surface area contributed by atoms with Gasteiger partial charge in [0, 0.05) is 31.9 Å². The van der Waals surface area contributed by atoms with Gasteiger partial charge in [0.25, 0.3) is 5.56 Å². The molecule has 0 bridgehead atoms. The van der Waals surface area contributed by atoms with Gasteiger partial charge >= 0.3 is 5.69 Å². The van der Waals surface area contributed by atoms with E-state index in [-0.39, 0.29) is 24.1 Å². The topological polar surface area (TPSA) is 64.3 Å². The maximum atomic E-state index is 12.6. The molecule has 2 heterocycles. The van der Waals surface area contributed by atoms with Crippen LogP contribution in [0.5, 0.6) is 0 Å². The molecule has 0 saturated carbocycles. The molecular formula is C16H25N3O3. The average molecular weight is 307 g/mol. The molecule has 1 aliphatic rings. The summed E-state index contributed by atoms with van der Waals surface area (Å²) in [4.78, 5) is 38.0. The number of piperidine rings is 1. The van der Waals surface area contributed by atoms with E-state index in [0.717, 1.165) is 36.8 Å². The summed E-state index contributed by atoms with van der Waals surface area (Å²) in [5.74, 6) is 0.459. The second-order valence-corrected chi connectivity index (χ2v) is 6.19. The molecule has 2 rings (SSSR count). The fourth-order valence-corrected chi connectivity index (χ4v) is 3.27. The summed E-state index contributed by atoms with van der Waals surface area (Å²) < 4.78 is 2.33. The Bertz CT molecular complexity index is 647. The van der Waals surface area contributed by atoms with Gasteiger partial charge in [-0.05, 0) is 25.2 Å². The zero-order chi connectivity index (χ0) is 16.3. The van der Waals surface area contributed by atoms with Crippen molar-refractivity contribution in [2.75, 3.05) is 6.54 Å². The van der Waals surface area contributed by atoms with Gasteiger partial charge in [-0.2, -0.15) is 0 Å². The van der Waals surface area contributed by atoms with E-state index < -0.39 is 5.69 Å². The first kappa shape index (κ1) is 16.5. The number of hydrogen-bond acceptors (Lipinski definition) is 3. The molecule has 2 atom stereocenters. The predicted molar refractivity (Wildman–Crippen MR) is 84.8 cm³/mol. The van der Waals surface area contributed by atoms with Crippen molar-refractivity contribution >= 4 is 5.91 Å². The number of amides is 1. The van der Waals surface area contributed by atoms with Crippen molar-refractivity contribution in [3.05, 3.63) is 33.1 Å². The summed E-state index contributed by atoms with van der Waals surface area (Å²) in [5, 5.41) is 0. The predicted octanol–water partition coefficient (Wildman–Crippen LogP) is 0.974. The molecule has 0 radical (unpaired) electrons. The van der Waals surface area contributed by atoms with Gasteiger partial charge in [-0.3, -0.25) is 18.7 Å². The van der Waals surface area contributed by atoms with E-state index in [9.17, 15) is 14.4 Å². The molecule has 1 aromatic heterocycles. The van der Waals surface area contributed by atoms with Crippen LogP contribution in [0, 0.1) is 5.92 Å². The molecule has 0 spiro atoms. The highest BCUT2D eigenvalue weighted by Crippen LogP contribution is 2.26. The molecule has 122 valence electrons. The Morgan fingerprint density at radius 3 is 2.77 bits per heavy atom. The third-order valence-electron chi connectivity index (χ3n) is 4.59. The Kier molecular flexibility index (Phi) is 5.21. The molecule has 2 unspecified atom stereocenters. The average Bonchev–Trinajstić information content (AvgIpc) is 2.50. The molecule has 6 heteroatoms. The number of carbonyl (C=O) groups excluding carboxylic acids is 1. The van der Waals surface area contributed by atoms with Gasteiger partial charge in [-0.25, -0.2) is 4.79 Å². The van der Waals surface area contributed by atoms with Gasteiger partial charge in [0.05, 0.1) is 0 Å². The summed E-state index contributed by atoms with van der Waals surface area (Å²) in [6.07, 6.45) is 5.60. The first-order valence-corrected chi connectivity index (χ1v) is 8.01. The van der Waals surface area contributed by atoms with E-state index in [1.165, 1.54) is 23.9 Å². The van der Waals surface area contributed by atoms with Crippen LogP contribution in [-0.2, 0) is 18.4 Å². The second kappa shape index (κ2) is 6.94. The van der Waals surface area contributed by atoms with E-state index in [2.05, 4.69) is 13.8 Å². The van der Waals surface area contributed by atoms with Crippen molar-refractivity contribution in [1.82, 2.24) is 14.0 Å². The Hall–Kier alpha value is -1.85. The lowest BCUT2D eigenvalue weighted by Crippen LogP contribution is -2.50. The zero-order valence-corrected chi connectivity index (χ0v) is 13.6. The molecule has 0 aliphatic carbocycles. The van der Waals surface area contributed by atoms with Crippen molar-refractivity contribution < 1.29 is 4.79 Å². The number of nitrogens with zero attached hydrogens (tertiary/aromatic N) is 3. The standard InChI is InChI=1S/C16H25N3O3/c1-4-6-13-12(2)7-5-9-19(13)15(21)11-18-10-8-14(20)17(3)16(18)22/h8,10,12-13H,4-7,9,11H2,1-3H3. The third-order valence-corrected chi connectivity index (χ3v) is 4.59. The SMILES string of the molecule is CCCC1C(C)CCCN1C(=O)Cn1ccc(=O)n(C)c1=O. The van der Waals surface area contributed by atoms with Crippen LogP contribution in [0.25, 0.3) is 0 Å². The monoisotopic (exact) mass is 307 g/mol. The summed E-state index contributed by atoms with van der Waals surface area (Å²) in [6, 6.07) is 1.58. The molecule has 6 nitrogen and oxygen atoms in total. The highest BCUT2D eigenvalue weighted by atomic mass is 16.2. The normalized spacial score (nSPS) is 21.9. The van der Waals surface area contributed by atoms with Crippen molar-refractivity contribution in [1.29, 1.82) is 0 Å². The maximum absolute atomic E-state index is 12.6. The summed E-state index contributed by atoms with van der Waals surface area (Å²) >= 11 is 0. The van der Waals surface area contributed by atoms with Crippen LogP contribution in [0.3, 0.4) is 0 Å². The van der Waals surface area contributed by atoms with Crippen molar-refractivity contribution in [3.8, 4) is 0 Å². The highest BCUT2D eigenvalue weighted by molar-refractivity contribution is 5.76. The van der Waals surface area contributed by atoms with Crippen LogP contribution in [0.1, 0.15) is 39.5 Å². The van der Waals surface area contributed by atoms with Gasteiger partial charge in [0.2, 0.25) is 5.91 Å². The van der Waals surface area contributed by atoms with Crippen LogP contribution in [-0.4, -0.2) is 32.5 Å². The number of likely N-dealkylation sites (tertiary alicyclic amines) is 1. The van der Waals surface area contributed by atoms with E-state index in [4.69, 9.17) is 0 Å². The minimum absolute atomic E-state index is 0.000111. The summed E-state index contributed by atoms with van der Waals surface area (Å²) in [5.41, 5.74) is -0.804. The second-order valence-electron chi connectivity index (χ2n) is 6.19. The number of hydrogen-bond donors (Lipinski definition) is 0. The van der Waals surface area contributed by atoms with Crippen LogP contribution in [0.15, 0.2) is 21.9 Å². The van der Waals surface area contributed by atoms with Gasteiger partial charge in [-0.15, -0.1) is 0 Å². The maximum Gasteiger partial charge on any atom is 0.331 e. The Balaban J connectivity index is 2.19. The molecule has 1 saturated heterocycles. The van der Waals surface area contributed by atoms with E-state index in [1.54, 1.807) is 0 Å². The third kappa shape index (κ3) is 3.31. The lowest BCUT2D eigenvalue weighted by Gasteiger charge is -2.40. The first-order valence-electron chi connectivity index (χ1n) is 8.01. The van der Waals surface area contributed by atoms with E-state index >= 15 is 0 Å². The van der Waals surface area contributed by atoms with Crippen LogP contribution < -0.4 is 11.2 Å². The smallest absolute Gasteiger partial charge is 0.331 e. The molecule has 1 amide bonds.